The largest absolute Gasteiger partial charge is 0.466 e. The van der Waals surface area contributed by atoms with Gasteiger partial charge in [-0.05, 0) is 38.5 Å². The van der Waals surface area contributed by atoms with E-state index < -0.39 is 41.1 Å². The SMILES string of the molecule is CCOC(=O)[C@@H]1C(=O)C[C@](C)(O)[C@H](C(=O)OCC)[C@H]1c1ccc(NC(C)=O)cc1. The van der Waals surface area contributed by atoms with E-state index in [-0.39, 0.29) is 25.5 Å². The molecule has 0 radical (unpaired) electrons. The standard InChI is InChI=1S/C21H27NO7/c1-5-28-19(25)17-15(24)11-21(4,27)18(20(26)29-6-2)16(17)13-7-9-14(10-8-13)22-12(3)23/h7-10,16-18,27H,5-6,11H2,1-4H3,(H,22,23)/t16-,17+,18-,21-/m0/s1. The molecule has 2 N–H and O–H groups in total. The van der Waals surface area contributed by atoms with E-state index in [0.717, 1.165) is 0 Å². The average Bonchev–Trinajstić information content (AvgIpc) is 2.60. The summed E-state index contributed by atoms with van der Waals surface area (Å²) in [5.74, 6) is -5.51. The lowest BCUT2D eigenvalue weighted by Crippen LogP contribution is -2.55. The first kappa shape index (κ1) is 22.5. The van der Waals surface area contributed by atoms with Gasteiger partial charge < -0.3 is 19.9 Å². The summed E-state index contributed by atoms with van der Waals surface area (Å²) >= 11 is 0. The first-order valence-electron chi connectivity index (χ1n) is 9.58. The fourth-order valence-electron chi connectivity index (χ4n) is 3.87. The summed E-state index contributed by atoms with van der Waals surface area (Å²) in [7, 11) is 0. The Labute approximate surface area is 169 Å². The van der Waals surface area contributed by atoms with Crippen LogP contribution in [-0.2, 0) is 28.7 Å². The Bertz CT molecular complexity index is 785. The molecule has 1 aromatic rings. The highest BCUT2D eigenvalue weighted by molar-refractivity contribution is 6.02. The first-order chi connectivity index (χ1) is 13.6. The Morgan fingerprint density at radius 2 is 1.66 bits per heavy atom. The number of carbonyl (C=O) groups is 4. The van der Waals surface area contributed by atoms with Gasteiger partial charge in [-0.3, -0.25) is 19.2 Å². The van der Waals surface area contributed by atoms with E-state index in [9.17, 15) is 24.3 Å². The van der Waals surface area contributed by atoms with Gasteiger partial charge in [0.15, 0.2) is 5.78 Å². The van der Waals surface area contributed by atoms with Gasteiger partial charge in [0.05, 0.1) is 24.7 Å². The van der Waals surface area contributed by atoms with Crippen molar-refractivity contribution in [2.45, 2.75) is 45.6 Å². The minimum absolute atomic E-state index is 0.0806. The van der Waals surface area contributed by atoms with E-state index in [2.05, 4.69) is 5.32 Å². The van der Waals surface area contributed by atoms with Crippen molar-refractivity contribution >= 4 is 29.3 Å². The Morgan fingerprint density at radius 1 is 1.10 bits per heavy atom. The summed E-state index contributed by atoms with van der Waals surface area (Å²) in [6.45, 7) is 6.21. The van der Waals surface area contributed by atoms with Crippen LogP contribution in [0.5, 0.6) is 0 Å². The third kappa shape index (κ3) is 5.00. The number of anilines is 1. The number of esters is 2. The van der Waals surface area contributed by atoms with Gasteiger partial charge in [-0.15, -0.1) is 0 Å². The second-order valence-corrected chi connectivity index (χ2v) is 7.29. The van der Waals surface area contributed by atoms with Gasteiger partial charge in [-0.25, -0.2) is 0 Å². The molecule has 158 valence electrons. The number of ether oxygens (including phenoxy) is 2. The zero-order valence-electron chi connectivity index (χ0n) is 17.1. The van der Waals surface area contributed by atoms with Crippen molar-refractivity contribution in [2.24, 2.45) is 11.8 Å². The lowest BCUT2D eigenvalue weighted by Gasteiger charge is -2.43. The lowest BCUT2D eigenvalue weighted by atomic mass is 9.61. The van der Waals surface area contributed by atoms with Gasteiger partial charge in [0.2, 0.25) is 5.91 Å². The van der Waals surface area contributed by atoms with E-state index >= 15 is 0 Å². The molecule has 0 heterocycles. The topological polar surface area (TPSA) is 119 Å². The number of amides is 1. The summed E-state index contributed by atoms with van der Waals surface area (Å²) < 4.78 is 10.2. The van der Waals surface area contributed by atoms with Crippen LogP contribution in [0.3, 0.4) is 0 Å². The quantitative estimate of drug-likeness (QED) is 0.547. The lowest BCUT2D eigenvalue weighted by molar-refractivity contribution is -0.172. The molecule has 0 unspecified atom stereocenters. The molecule has 0 saturated heterocycles. The zero-order valence-corrected chi connectivity index (χ0v) is 17.1. The smallest absolute Gasteiger partial charge is 0.317 e. The molecule has 4 atom stereocenters. The molecule has 8 heteroatoms. The molecule has 0 aromatic heterocycles. The number of benzene rings is 1. The van der Waals surface area contributed by atoms with Crippen molar-refractivity contribution in [3.8, 4) is 0 Å². The molecule has 1 fully saturated rings. The van der Waals surface area contributed by atoms with E-state index in [1.807, 2.05) is 0 Å². The minimum atomic E-state index is -1.69. The molecule has 1 saturated carbocycles. The Hall–Kier alpha value is -2.74. The molecule has 8 nitrogen and oxygen atoms in total. The van der Waals surface area contributed by atoms with Crippen LogP contribution < -0.4 is 5.32 Å². The molecule has 0 bridgehead atoms. The number of rotatable bonds is 6. The number of carbonyl (C=O) groups excluding carboxylic acids is 4. The van der Waals surface area contributed by atoms with Crippen LogP contribution in [0, 0.1) is 11.8 Å². The van der Waals surface area contributed by atoms with Gasteiger partial charge in [0.25, 0.3) is 0 Å². The van der Waals surface area contributed by atoms with Gasteiger partial charge in [0.1, 0.15) is 5.92 Å². The number of Topliss-reactive ketones (excluding diaryl/α,β-unsaturated/α-hetero) is 1. The van der Waals surface area contributed by atoms with Gasteiger partial charge in [-0.2, -0.15) is 0 Å². The fraction of sp³-hybridized carbons (Fsp3) is 0.524. The maximum absolute atomic E-state index is 12.8. The van der Waals surface area contributed by atoms with E-state index in [1.165, 1.54) is 13.8 Å². The zero-order chi connectivity index (χ0) is 21.8. The highest BCUT2D eigenvalue weighted by Crippen LogP contribution is 2.46. The summed E-state index contributed by atoms with van der Waals surface area (Å²) in [5, 5.41) is 13.5. The van der Waals surface area contributed by atoms with E-state index in [1.54, 1.807) is 38.1 Å². The number of aliphatic hydroxyl groups is 1. The number of ketones is 1. The van der Waals surface area contributed by atoms with E-state index in [0.29, 0.717) is 11.3 Å². The molecule has 0 aliphatic heterocycles. The normalized spacial score (nSPS) is 26.5. The maximum atomic E-state index is 12.8. The van der Waals surface area contributed by atoms with Crippen LogP contribution in [0.2, 0.25) is 0 Å². The molecule has 1 aromatic carbocycles. The number of nitrogens with one attached hydrogen (secondary N) is 1. The molecule has 1 aliphatic rings. The Balaban J connectivity index is 2.56. The predicted octanol–water partition coefficient (Wildman–Crippen LogP) is 1.81. The Kier molecular flexibility index (Phi) is 7.13. The molecule has 1 aliphatic carbocycles. The first-order valence-corrected chi connectivity index (χ1v) is 9.58. The van der Waals surface area contributed by atoms with Crippen LogP contribution in [0.25, 0.3) is 0 Å². The van der Waals surface area contributed by atoms with Crippen LogP contribution in [0.15, 0.2) is 24.3 Å². The summed E-state index contributed by atoms with van der Waals surface area (Å²) in [6, 6.07) is 6.44. The highest BCUT2D eigenvalue weighted by atomic mass is 16.5. The highest BCUT2D eigenvalue weighted by Gasteiger charge is 2.57. The van der Waals surface area contributed by atoms with Crippen molar-refractivity contribution in [1.82, 2.24) is 0 Å². The van der Waals surface area contributed by atoms with Crippen molar-refractivity contribution in [1.29, 1.82) is 0 Å². The average molecular weight is 405 g/mol. The minimum Gasteiger partial charge on any atom is -0.466 e. The third-order valence-electron chi connectivity index (χ3n) is 4.96. The molecule has 1 amide bonds. The van der Waals surface area contributed by atoms with Crippen LogP contribution in [-0.4, -0.2) is 47.6 Å². The number of hydrogen-bond donors (Lipinski definition) is 2. The van der Waals surface area contributed by atoms with Crippen LogP contribution >= 0.6 is 0 Å². The fourth-order valence-corrected chi connectivity index (χ4v) is 3.87. The summed E-state index contributed by atoms with van der Waals surface area (Å²) in [4.78, 5) is 49.4. The van der Waals surface area contributed by atoms with Crippen molar-refractivity contribution in [3.05, 3.63) is 29.8 Å². The molecular weight excluding hydrogens is 378 g/mol. The molecular formula is C21H27NO7. The summed E-state index contributed by atoms with van der Waals surface area (Å²) in [6.07, 6.45) is -0.361. The van der Waals surface area contributed by atoms with E-state index in [4.69, 9.17) is 9.47 Å². The molecule has 0 spiro atoms. The second kappa shape index (κ2) is 9.17. The molecule has 2 rings (SSSR count). The van der Waals surface area contributed by atoms with Crippen molar-refractivity contribution in [3.63, 3.8) is 0 Å². The van der Waals surface area contributed by atoms with Gasteiger partial charge in [-0.1, -0.05) is 12.1 Å². The predicted molar refractivity (Wildman–Crippen MR) is 104 cm³/mol. The van der Waals surface area contributed by atoms with Crippen molar-refractivity contribution < 1.29 is 33.8 Å². The van der Waals surface area contributed by atoms with Gasteiger partial charge in [0, 0.05) is 24.9 Å². The number of hydrogen-bond acceptors (Lipinski definition) is 7. The van der Waals surface area contributed by atoms with Crippen molar-refractivity contribution in [2.75, 3.05) is 18.5 Å². The van der Waals surface area contributed by atoms with Gasteiger partial charge >= 0.3 is 11.9 Å². The maximum Gasteiger partial charge on any atom is 0.317 e. The second-order valence-electron chi connectivity index (χ2n) is 7.29. The van der Waals surface area contributed by atoms with Crippen LogP contribution in [0.1, 0.15) is 45.6 Å². The monoisotopic (exact) mass is 405 g/mol. The summed E-state index contributed by atoms with van der Waals surface area (Å²) in [5.41, 5.74) is -0.674. The van der Waals surface area contributed by atoms with Crippen LogP contribution in [0.4, 0.5) is 5.69 Å². The Morgan fingerprint density at radius 3 is 2.17 bits per heavy atom. The third-order valence-corrected chi connectivity index (χ3v) is 4.96. The molecule has 29 heavy (non-hydrogen) atoms.